The molecule has 1 heterocycles. The van der Waals surface area contributed by atoms with Gasteiger partial charge in [-0.25, -0.2) is 5.01 Å². The fourth-order valence-corrected chi connectivity index (χ4v) is 1.47. The van der Waals surface area contributed by atoms with Crippen molar-refractivity contribution in [1.29, 1.82) is 0 Å². The Morgan fingerprint density at radius 2 is 1.53 bits per heavy atom. The average Bonchev–Trinajstić information content (AvgIpc) is 2.99. The van der Waals surface area contributed by atoms with Gasteiger partial charge in [0.15, 0.2) is 0 Å². The standard InChI is InChI=1S/C6H12N2O2.C5H8N2O.C5H8O3.CH6N2.CH4O.H2O/c1-5(8-7-2)4-6(9)10-3;1-4-3-5(8)7(2)6-4;1-4(6)3-5(7)8-2;1-3-2;1-2;/h7H,4H2,1-3H3;2*3H2,1-2H3;3H,2H2,1H3;2H,1H3;1H2/b8-5-;;;;;. The van der Waals surface area contributed by atoms with Crippen molar-refractivity contribution in [2.24, 2.45) is 16.0 Å². The summed E-state index contributed by atoms with van der Waals surface area (Å²) < 4.78 is 8.62. The Bertz CT molecular complexity index is 582. The van der Waals surface area contributed by atoms with Gasteiger partial charge in [-0.05, 0) is 27.8 Å². The first-order valence-corrected chi connectivity index (χ1v) is 8.94. The number of ketones is 1. The Balaban J connectivity index is -0.000000102. The molecular formula is C18H40N6O8. The van der Waals surface area contributed by atoms with Gasteiger partial charge in [0.2, 0.25) is 5.91 Å². The lowest BCUT2D eigenvalue weighted by Crippen LogP contribution is -2.13. The fourth-order valence-electron chi connectivity index (χ4n) is 1.47. The van der Waals surface area contributed by atoms with Gasteiger partial charge in [-0.1, -0.05) is 0 Å². The van der Waals surface area contributed by atoms with E-state index in [9.17, 15) is 19.2 Å². The molecule has 1 amide bonds. The van der Waals surface area contributed by atoms with Crippen LogP contribution >= 0.6 is 0 Å². The molecule has 0 fully saturated rings. The van der Waals surface area contributed by atoms with Gasteiger partial charge in [0, 0.05) is 32.6 Å². The maximum absolute atomic E-state index is 10.6. The van der Waals surface area contributed by atoms with E-state index in [0.29, 0.717) is 12.1 Å². The minimum Gasteiger partial charge on any atom is -0.469 e. The molecule has 0 aromatic heterocycles. The van der Waals surface area contributed by atoms with Gasteiger partial charge in [-0.15, -0.1) is 0 Å². The molecule has 190 valence electrons. The van der Waals surface area contributed by atoms with Crippen molar-refractivity contribution in [2.45, 2.75) is 40.0 Å². The molecule has 0 atom stereocenters. The van der Waals surface area contributed by atoms with E-state index in [1.165, 1.54) is 26.2 Å². The van der Waals surface area contributed by atoms with Crippen LogP contribution in [-0.2, 0) is 28.7 Å². The van der Waals surface area contributed by atoms with Gasteiger partial charge in [-0.3, -0.25) is 30.4 Å². The number of hydrogen-bond acceptors (Lipinski definition) is 12. The SMILES string of the molecule is CC1=NN(C)C(=O)C1.CN/N=C(/C)CC(=O)OC.CNN.CO.COC(=O)CC(C)=O.O. The lowest BCUT2D eigenvalue weighted by atomic mass is 10.3. The zero-order valence-electron chi connectivity index (χ0n) is 20.4. The molecule has 32 heavy (non-hydrogen) atoms. The number of carbonyl (C=O) groups excluding carboxylic acids is 4. The number of Topliss-reactive ketones (excluding diaryl/α,β-unsaturated/α-hetero) is 1. The van der Waals surface area contributed by atoms with Crippen LogP contribution in [0.4, 0.5) is 0 Å². The Kier molecular flexibility index (Phi) is 34.7. The third-order valence-electron chi connectivity index (χ3n) is 2.64. The number of nitrogens with two attached hydrogens (primary N) is 1. The fraction of sp³-hybridized carbons (Fsp3) is 0.667. The van der Waals surface area contributed by atoms with Crippen LogP contribution in [0.15, 0.2) is 10.2 Å². The summed E-state index contributed by atoms with van der Waals surface area (Å²) in [5, 5.41) is 16.0. The number of nitrogens with one attached hydrogen (secondary N) is 2. The number of rotatable bonds is 5. The van der Waals surface area contributed by atoms with Gasteiger partial charge >= 0.3 is 11.9 Å². The first-order chi connectivity index (χ1) is 14.5. The van der Waals surface area contributed by atoms with Crippen LogP contribution in [0.5, 0.6) is 0 Å². The topological polar surface area (TPSA) is 217 Å². The smallest absolute Gasteiger partial charge is 0.313 e. The van der Waals surface area contributed by atoms with Crippen molar-refractivity contribution in [2.75, 3.05) is 42.5 Å². The summed E-state index contributed by atoms with van der Waals surface area (Å²) in [6, 6.07) is 0. The van der Waals surface area contributed by atoms with E-state index in [1.807, 2.05) is 6.92 Å². The van der Waals surface area contributed by atoms with E-state index in [0.717, 1.165) is 12.8 Å². The molecule has 0 aromatic carbocycles. The van der Waals surface area contributed by atoms with Crippen LogP contribution in [0.2, 0.25) is 0 Å². The van der Waals surface area contributed by atoms with E-state index >= 15 is 0 Å². The molecule has 0 spiro atoms. The average molecular weight is 469 g/mol. The Hall–Kier alpha value is -2.94. The second-order valence-corrected chi connectivity index (χ2v) is 5.50. The van der Waals surface area contributed by atoms with Crippen LogP contribution < -0.4 is 16.7 Å². The molecule has 1 aliphatic heterocycles. The quantitative estimate of drug-likeness (QED) is 0.119. The summed E-state index contributed by atoms with van der Waals surface area (Å²) in [6.07, 6.45) is 0.629. The summed E-state index contributed by atoms with van der Waals surface area (Å²) in [6.45, 7) is 4.95. The van der Waals surface area contributed by atoms with Gasteiger partial charge in [0.1, 0.15) is 12.2 Å². The number of ether oxygens (including phenoxy) is 2. The summed E-state index contributed by atoms with van der Waals surface area (Å²) >= 11 is 0. The highest BCUT2D eigenvalue weighted by Crippen LogP contribution is 2.02. The van der Waals surface area contributed by atoms with Crippen LogP contribution in [0.1, 0.15) is 40.0 Å². The monoisotopic (exact) mass is 468 g/mol. The molecule has 0 aliphatic carbocycles. The van der Waals surface area contributed by atoms with Crippen LogP contribution in [0.25, 0.3) is 0 Å². The number of hydrazine groups is 1. The summed E-state index contributed by atoms with van der Waals surface area (Å²) in [5.74, 6) is 3.77. The second kappa shape index (κ2) is 28.1. The molecule has 14 nitrogen and oxygen atoms in total. The number of carbonyl (C=O) groups is 4. The molecule has 0 saturated heterocycles. The first-order valence-electron chi connectivity index (χ1n) is 8.94. The summed E-state index contributed by atoms with van der Waals surface area (Å²) in [7, 11) is 8.61. The largest absolute Gasteiger partial charge is 0.469 e. The highest BCUT2D eigenvalue weighted by atomic mass is 16.5. The van der Waals surface area contributed by atoms with Crippen LogP contribution in [0, 0.1) is 0 Å². The zero-order valence-corrected chi connectivity index (χ0v) is 20.4. The summed E-state index contributed by atoms with van der Waals surface area (Å²) in [5.41, 5.74) is 6.44. The molecule has 14 heteroatoms. The molecule has 1 aliphatic rings. The van der Waals surface area contributed by atoms with Crippen molar-refractivity contribution in [3.05, 3.63) is 0 Å². The molecule has 0 radical (unpaired) electrons. The molecular weight excluding hydrogens is 428 g/mol. The molecule has 0 saturated carbocycles. The molecule has 0 bridgehead atoms. The Labute approximate surface area is 189 Å². The maximum Gasteiger partial charge on any atom is 0.313 e. The normalized spacial score (nSPS) is 11.1. The van der Waals surface area contributed by atoms with Gasteiger partial charge in [-0.2, -0.15) is 10.2 Å². The molecule has 7 N–H and O–H groups in total. The number of esters is 2. The number of nitrogens with zero attached hydrogens (tertiary/aromatic N) is 3. The predicted octanol–water partition coefficient (Wildman–Crippen LogP) is -1.63. The Morgan fingerprint density at radius 3 is 1.72 bits per heavy atom. The van der Waals surface area contributed by atoms with Crippen molar-refractivity contribution in [3.8, 4) is 0 Å². The van der Waals surface area contributed by atoms with Crippen LogP contribution in [-0.4, -0.2) is 93.1 Å². The predicted molar refractivity (Wildman–Crippen MR) is 122 cm³/mol. The summed E-state index contributed by atoms with van der Waals surface area (Å²) in [4.78, 5) is 41.5. The highest BCUT2D eigenvalue weighted by molar-refractivity contribution is 6.03. The zero-order chi connectivity index (χ0) is 25.4. The number of amides is 1. The minimum absolute atomic E-state index is 0. The van der Waals surface area contributed by atoms with Crippen molar-refractivity contribution in [1.82, 2.24) is 15.9 Å². The van der Waals surface area contributed by atoms with Crippen LogP contribution in [0.3, 0.4) is 0 Å². The van der Waals surface area contributed by atoms with E-state index < -0.39 is 5.97 Å². The molecule has 0 unspecified atom stereocenters. The van der Waals surface area contributed by atoms with E-state index in [1.54, 1.807) is 28.1 Å². The highest BCUT2D eigenvalue weighted by Gasteiger charge is 2.15. The molecule has 0 aromatic rings. The number of aliphatic hydroxyl groups excluding tert-OH is 1. The number of aliphatic hydroxyl groups is 1. The van der Waals surface area contributed by atoms with Crippen molar-refractivity contribution < 1.29 is 39.2 Å². The van der Waals surface area contributed by atoms with E-state index in [4.69, 9.17) is 5.11 Å². The maximum atomic E-state index is 10.6. The molecule has 1 rings (SSSR count). The lowest BCUT2D eigenvalue weighted by Gasteiger charge is -1.98. The van der Waals surface area contributed by atoms with Gasteiger partial charge in [0.25, 0.3) is 0 Å². The van der Waals surface area contributed by atoms with Crippen molar-refractivity contribution >= 4 is 35.1 Å². The number of methoxy groups -OCH3 is 2. The third kappa shape index (κ3) is 31.7. The third-order valence-corrected chi connectivity index (χ3v) is 2.64. The lowest BCUT2D eigenvalue weighted by molar-refractivity contribution is -0.143. The van der Waals surface area contributed by atoms with Gasteiger partial charge in [0.05, 0.1) is 27.1 Å². The van der Waals surface area contributed by atoms with Gasteiger partial charge < -0.3 is 25.5 Å². The number of hydrogen-bond donors (Lipinski definition) is 4. The van der Waals surface area contributed by atoms with E-state index in [2.05, 4.69) is 36.4 Å². The number of hydrazone groups is 2. The Morgan fingerprint density at radius 1 is 1.12 bits per heavy atom. The second-order valence-electron chi connectivity index (χ2n) is 5.50. The van der Waals surface area contributed by atoms with E-state index in [-0.39, 0.29) is 36.0 Å². The first kappa shape index (κ1) is 39.5. The minimum atomic E-state index is -0.475. The van der Waals surface area contributed by atoms with Crippen molar-refractivity contribution in [3.63, 3.8) is 0 Å².